The van der Waals surface area contributed by atoms with Crippen molar-refractivity contribution < 1.29 is 29.0 Å². The van der Waals surface area contributed by atoms with Gasteiger partial charge in [-0.1, -0.05) is 41.9 Å². The molecule has 0 unspecified atom stereocenters. The number of imide groups is 1. The SMILES string of the molecule is CCOc1cc(C(=O)OCC(=O)NC(=O)NCc2ccccc2)cc(Cl)c1O. The molecule has 3 N–H and O–H groups in total. The molecule has 0 atom stereocenters. The number of phenolic OH excluding ortho intramolecular Hbond substituents is 1. The Morgan fingerprint density at radius 3 is 2.54 bits per heavy atom. The van der Waals surface area contributed by atoms with E-state index in [1.54, 1.807) is 6.92 Å². The van der Waals surface area contributed by atoms with Crippen molar-refractivity contribution in [1.29, 1.82) is 0 Å². The summed E-state index contributed by atoms with van der Waals surface area (Å²) in [5, 5.41) is 14.2. The van der Waals surface area contributed by atoms with Crippen LogP contribution in [-0.2, 0) is 16.1 Å². The van der Waals surface area contributed by atoms with E-state index in [0.717, 1.165) is 5.56 Å². The molecule has 148 valence electrons. The number of benzene rings is 2. The van der Waals surface area contributed by atoms with Crippen LogP contribution in [0.4, 0.5) is 4.79 Å². The lowest BCUT2D eigenvalue weighted by Gasteiger charge is -2.10. The Balaban J connectivity index is 1.83. The zero-order valence-corrected chi connectivity index (χ0v) is 15.8. The van der Waals surface area contributed by atoms with Crippen molar-refractivity contribution in [3.63, 3.8) is 0 Å². The smallest absolute Gasteiger partial charge is 0.338 e. The van der Waals surface area contributed by atoms with Crippen LogP contribution in [0.1, 0.15) is 22.8 Å². The molecule has 28 heavy (non-hydrogen) atoms. The largest absolute Gasteiger partial charge is 0.503 e. The summed E-state index contributed by atoms with van der Waals surface area (Å²) in [6.07, 6.45) is 0. The van der Waals surface area contributed by atoms with Crippen molar-refractivity contribution in [2.45, 2.75) is 13.5 Å². The summed E-state index contributed by atoms with van der Waals surface area (Å²) in [5.41, 5.74) is 0.860. The lowest BCUT2D eigenvalue weighted by molar-refractivity contribution is -0.123. The van der Waals surface area contributed by atoms with Gasteiger partial charge in [0.05, 0.1) is 17.2 Å². The number of rotatable bonds is 7. The summed E-state index contributed by atoms with van der Waals surface area (Å²) in [4.78, 5) is 35.5. The second-order valence-corrected chi connectivity index (χ2v) is 5.94. The van der Waals surface area contributed by atoms with Gasteiger partial charge < -0.3 is 19.9 Å². The average Bonchev–Trinajstić information content (AvgIpc) is 2.68. The molecule has 0 heterocycles. The molecule has 0 aliphatic carbocycles. The Kier molecular flexibility index (Phi) is 7.65. The van der Waals surface area contributed by atoms with E-state index < -0.39 is 24.5 Å². The fourth-order valence-electron chi connectivity index (χ4n) is 2.16. The molecule has 8 nitrogen and oxygen atoms in total. The number of amides is 3. The van der Waals surface area contributed by atoms with Crippen molar-refractivity contribution in [2.75, 3.05) is 13.2 Å². The highest BCUT2D eigenvalue weighted by Gasteiger charge is 2.17. The number of carbonyl (C=O) groups is 3. The third kappa shape index (κ3) is 6.17. The Morgan fingerprint density at radius 1 is 1.14 bits per heavy atom. The van der Waals surface area contributed by atoms with Crippen LogP contribution in [0.15, 0.2) is 42.5 Å². The van der Waals surface area contributed by atoms with Gasteiger partial charge in [0.25, 0.3) is 5.91 Å². The van der Waals surface area contributed by atoms with Crippen LogP contribution in [0.25, 0.3) is 0 Å². The van der Waals surface area contributed by atoms with Crippen LogP contribution >= 0.6 is 11.6 Å². The number of phenols is 1. The standard InChI is InChI=1S/C19H19ClN2O6/c1-2-27-15-9-13(8-14(20)17(15)24)18(25)28-11-16(23)22-19(26)21-10-12-6-4-3-5-7-12/h3-9,24H,2,10-11H2,1H3,(H2,21,22,23,26). The molecule has 0 saturated heterocycles. The maximum absolute atomic E-state index is 12.1. The molecular weight excluding hydrogens is 388 g/mol. The maximum atomic E-state index is 12.1. The quantitative estimate of drug-likeness (QED) is 0.609. The normalized spacial score (nSPS) is 10.1. The molecule has 0 aromatic heterocycles. The summed E-state index contributed by atoms with van der Waals surface area (Å²) >= 11 is 5.85. The number of hydrogen-bond donors (Lipinski definition) is 3. The van der Waals surface area contributed by atoms with E-state index in [-0.39, 0.29) is 35.2 Å². The lowest BCUT2D eigenvalue weighted by atomic mass is 10.2. The number of nitrogens with one attached hydrogen (secondary N) is 2. The molecule has 9 heteroatoms. The van der Waals surface area contributed by atoms with Crippen LogP contribution in [0, 0.1) is 0 Å². The van der Waals surface area contributed by atoms with Gasteiger partial charge in [0.2, 0.25) is 0 Å². The molecule has 0 aliphatic heterocycles. The molecule has 0 aliphatic rings. The Bertz CT molecular complexity index is 857. The van der Waals surface area contributed by atoms with E-state index in [1.165, 1.54) is 12.1 Å². The minimum absolute atomic E-state index is 0.00687. The fraction of sp³-hybridized carbons (Fsp3) is 0.211. The second-order valence-electron chi connectivity index (χ2n) is 5.53. The first-order valence-electron chi connectivity index (χ1n) is 8.34. The van der Waals surface area contributed by atoms with E-state index in [9.17, 15) is 19.5 Å². The van der Waals surface area contributed by atoms with Crippen LogP contribution < -0.4 is 15.4 Å². The number of ether oxygens (including phenoxy) is 2. The van der Waals surface area contributed by atoms with Crippen LogP contribution in [0.3, 0.4) is 0 Å². The number of carbonyl (C=O) groups excluding carboxylic acids is 3. The third-order valence-corrected chi connectivity index (χ3v) is 3.74. The van der Waals surface area contributed by atoms with Crippen molar-refractivity contribution in [3.8, 4) is 11.5 Å². The third-order valence-electron chi connectivity index (χ3n) is 3.45. The molecule has 0 spiro atoms. The number of hydrogen-bond acceptors (Lipinski definition) is 6. The topological polar surface area (TPSA) is 114 Å². The lowest BCUT2D eigenvalue weighted by Crippen LogP contribution is -2.41. The van der Waals surface area contributed by atoms with E-state index in [4.69, 9.17) is 21.1 Å². The molecule has 2 aromatic carbocycles. The van der Waals surface area contributed by atoms with E-state index >= 15 is 0 Å². The van der Waals surface area contributed by atoms with Gasteiger partial charge >= 0.3 is 12.0 Å². The average molecular weight is 407 g/mol. The number of aromatic hydroxyl groups is 1. The molecule has 2 rings (SSSR count). The monoisotopic (exact) mass is 406 g/mol. The number of urea groups is 1. The van der Waals surface area contributed by atoms with Gasteiger partial charge in [0, 0.05) is 6.54 Å². The van der Waals surface area contributed by atoms with Crippen LogP contribution in [0.5, 0.6) is 11.5 Å². The maximum Gasteiger partial charge on any atom is 0.338 e. The summed E-state index contributed by atoms with van der Waals surface area (Å²) in [6.45, 7) is 1.53. The Labute approximate surface area is 166 Å². The highest BCUT2D eigenvalue weighted by Crippen LogP contribution is 2.35. The van der Waals surface area contributed by atoms with E-state index in [1.807, 2.05) is 30.3 Å². The van der Waals surface area contributed by atoms with Gasteiger partial charge in [-0.25, -0.2) is 9.59 Å². The van der Waals surface area contributed by atoms with Gasteiger partial charge in [-0.15, -0.1) is 0 Å². The fourth-order valence-corrected chi connectivity index (χ4v) is 2.37. The van der Waals surface area contributed by atoms with E-state index in [0.29, 0.717) is 0 Å². The van der Waals surface area contributed by atoms with E-state index in [2.05, 4.69) is 10.6 Å². The predicted molar refractivity (Wildman–Crippen MR) is 101 cm³/mol. The summed E-state index contributed by atoms with van der Waals surface area (Å²) in [7, 11) is 0. The highest BCUT2D eigenvalue weighted by molar-refractivity contribution is 6.32. The van der Waals surface area contributed by atoms with Gasteiger partial charge in [-0.2, -0.15) is 0 Å². The van der Waals surface area contributed by atoms with Gasteiger partial charge in [0.1, 0.15) is 0 Å². The molecule has 0 radical (unpaired) electrons. The molecule has 0 bridgehead atoms. The summed E-state index contributed by atoms with van der Waals surface area (Å²) in [6, 6.07) is 10.9. The minimum Gasteiger partial charge on any atom is -0.503 e. The molecule has 0 saturated carbocycles. The van der Waals surface area contributed by atoms with Crippen LogP contribution in [-0.4, -0.2) is 36.2 Å². The highest BCUT2D eigenvalue weighted by atomic mass is 35.5. The second kappa shape index (κ2) is 10.2. The summed E-state index contributed by atoms with van der Waals surface area (Å²) < 4.78 is 10.0. The first-order chi connectivity index (χ1) is 13.4. The number of halogens is 1. The minimum atomic E-state index is -0.859. The summed E-state index contributed by atoms with van der Waals surface area (Å²) in [5.74, 6) is -1.93. The Morgan fingerprint density at radius 2 is 1.86 bits per heavy atom. The molecular formula is C19H19ClN2O6. The van der Waals surface area contributed by atoms with Gasteiger partial charge in [-0.3, -0.25) is 10.1 Å². The van der Waals surface area contributed by atoms with Crippen LogP contribution in [0.2, 0.25) is 5.02 Å². The van der Waals surface area contributed by atoms with Gasteiger partial charge in [0.15, 0.2) is 18.1 Å². The first kappa shape index (κ1) is 21.0. The molecule has 2 aromatic rings. The molecule has 3 amide bonds. The first-order valence-corrected chi connectivity index (χ1v) is 8.72. The van der Waals surface area contributed by atoms with Crippen molar-refractivity contribution >= 4 is 29.5 Å². The van der Waals surface area contributed by atoms with Gasteiger partial charge in [-0.05, 0) is 24.6 Å². The number of esters is 1. The van der Waals surface area contributed by atoms with Crippen molar-refractivity contribution in [3.05, 3.63) is 58.6 Å². The Hall–Kier alpha value is -3.26. The van der Waals surface area contributed by atoms with Crippen molar-refractivity contribution in [2.24, 2.45) is 0 Å². The zero-order valence-electron chi connectivity index (χ0n) is 15.0. The predicted octanol–water partition coefficient (Wildman–Crippen LogP) is 2.63. The zero-order chi connectivity index (χ0) is 20.5. The van der Waals surface area contributed by atoms with Crippen molar-refractivity contribution in [1.82, 2.24) is 10.6 Å². The molecule has 0 fully saturated rings.